The molecule has 0 fully saturated rings. The lowest BCUT2D eigenvalue weighted by Crippen LogP contribution is -2.12. The van der Waals surface area contributed by atoms with Gasteiger partial charge < -0.3 is 10.4 Å². The van der Waals surface area contributed by atoms with E-state index in [4.69, 9.17) is 0 Å². The fourth-order valence-corrected chi connectivity index (χ4v) is 4.00. The van der Waals surface area contributed by atoms with Gasteiger partial charge in [0.2, 0.25) is 0 Å². The van der Waals surface area contributed by atoms with Gasteiger partial charge in [-0.3, -0.25) is 14.9 Å². The quantitative estimate of drug-likeness (QED) is 0.352. The summed E-state index contributed by atoms with van der Waals surface area (Å²) in [6.45, 7) is 3.55. The van der Waals surface area contributed by atoms with Crippen LogP contribution in [0.25, 0.3) is 11.1 Å². The first-order valence-corrected chi connectivity index (χ1v) is 10.9. The Labute approximate surface area is 193 Å². The Morgan fingerprint density at radius 2 is 1.70 bits per heavy atom. The summed E-state index contributed by atoms with van der Waals surface area (Å²) in [6.07, 6.45) is 1.39. The zero-order valence-corrected chi connectivity index (χ0v) is 18.7. The van der Waals surface area contributed by atoms with Crippen molar-refractivity contribution in [3.63, 3.8) is 0 Å². The minimum Gasteiger partial charge on any atom is -0.508 e. The van der Waals surface area contributed by atoms with Crippen LogP contribution in [0.2, 0.25) is 0 Å². The molecule has 0 aliphatic rings. The molecule has 0 aliphatic heterocycles. The summed E-state index contributed by atoms with van der Waals surface area (Å²) in [5, 5.41) is 15.7. The van der Waals surface area contributed by atoms with E-state index in [1.807, 2.05) is 13.0 Å². The first-order chi connectivity index (χ1) is 15.8. The largest absolute Gasteiger partial charge is 0.508 e. The van der Waals surface area contributed by atoms with Crippen molar-refractivity contribution in [1.82, 2.24) is 4.98 Å². The third-order valence-electron chi connectivity index (χ3n) is 5.14. The number of nitrogens with zero attached hydrogens (tertiary/aromatic N) is 1. The second-order valence-electron chi connectivity index (χ2n) is 7.43. The number of phenolic OH excluding ortho intramolecular Hbond substituents is 1. The standard InChI is InChI=1S/C25H20FN3O3S/c1-14-6-11-20(30)15(2)22(14)28-24(32)21-13-27-25(33-21)29-23(31)18-5-3-4-17(12-18)16-7-9-19(26)10-8-16/h3-13,30H,1-2H3,(H,28,32)(H,27,29,31). The molecule has 0 saturated carbocycles. The third-order valence-corrected chi connectivity index (χ3v) is 6.05. The van der Waals surface area contributed by atoms with Gasteiger partial charge in [0.25, 0.3) is 11.8 Å². The van der Waals surface area contributed by atoms with E-state index in [2.05, 4.69) is 15.6 Å². The molecule has 33 heavy (non-hydrogen) atoms. The van der Waals surface area contributed by atoms with E-state index in [9.17, 15) is 19.1 Å². The van der Waals surface area contributed by atoms with Crippen molar-refractivity contribution in [2.75, 3.05) is 10.6 Å². The van der Waals surface area contributed by atoms with Gasteiger partial charge >= 0.3 is 0 Å². The van der Waals surface area contributed by atoms with Gasteiger partial charge in [-0.2, -0.15) is 0 Å². The van der Waals surface area contributed by atoms with Gasteiger partial charge in [0, 0.05) is 11.1 Å². The molecule has 0 saturated heterocycles. The van der Waals surface area contributed by atoms with Crippen LogP contribution in [0, 0.1) is 19.7 Å². The zero-order valence-electron chi connectivity index (χ0n) is 17.8. The van der Waals surface area contributed by atoms with Gasteiger partial charge in [-0.05, 0) is 60.9 Å². The number of benzene rings is 3. The molecule has 0 bridgehead atoms. The molecule has 4 rings (SSSR count). The molecule has 0 atom stereocenters. The summed E-state index contributed by atoms with van der Waals surface area (Å²) in [5.74, 6) is -0.996. The van der Waals surface area contributed by atoms with E-state index in [0.29, 0.717) is 21.7 Å². The van der Waals surface area contributed by atoms with Crippen molar-refractivity contribution in [3.8, 4) is 16.9 Å². The number of carbonyl (C=O) groups excluding carboxylic acids is 2. The lowest BCUT2D eigenvalue weighted by atomic mass is 10.0. The van der Waals surface area contributed by atoms with Crippen LogP contribution in [0.1, 0.15) is 31.2 Å². The minimum absolute atomic E-state index is 0.0935. The van der Waals surface area contributed by atoms with Gasteiger partial charge in [0.05, 0.1) is 11.9 Å². The highest BCUT2D eigenvalue weighted by atomic mass is 32.1. The number of thiazole rings is 1. The monoisotopic (exact) mass is 461 g/mol. The number of aromatic nitrogens is 1. The molecule has 0 unspecified atom stereocenters. The van der Waals surface area contributed by atoms with E-state index >= 15 is 0 Å². The Bertz CT molecular complexity index is 1350. The fourth-order valence-electron chi connectivity index (χ4n) is 3.29. The molecule has 3 N–H and O–H groups in total. The molecule has 166 valence electrons. The summed E-state index contributed by atoms with van der Waals surface area (Å²) in [4.78, 5) is 29.8. The minimum atomic E-state index is -0.386. The molecule has 2 amide bonds. The Morgan fingerprint density at radius 3 is 2.45 bits per heavy atom. The predicted molar refractivity (Wildman–Crippen MR) is 127 cm³/mol. The normalized spacial score (nSPS) is 10.6. The van der Waals surface area contributed by atoms with Crippen LogP contribution < -0.4 is 10.6 Å². The maximum atomic E-state index is 13.2. The number of carbonyl (C=O) groups is 2. The zero-order chi connectivity index (χ0) is 23.5. The predicted octanol–water partition coefficient (Wildman–Crippen LogP) is 5.78. The number of aromatic hydroxyl groups is 1. The van der Waals surface area contributed by atoms with Crippen LogP contribution in [-0.4, -0.2) is 21.9 Å². The molecule has 4 aromatic rings. The summed E-state index contributed by atoms with van der Waals surface area (Å²) in [5.41, 5.74) is 3.90. The highest BCUT2D eigenvalue weighted by Crippen LogP contribution is 2.29. The van der Waals surface area contributed by atoms with Crippen LogP contribution in [0.15, 0.2) is 66.9 Å². The average Bonchev–Trinajstić information content (AvgIpc) is 3.28. The number of amides is 2. The molecule has 1 aromatic heterocycles. The number of nitrogens with one attached hydrogen (secondary N) is 2. The molecule has 8 heteroatoms. The summed E-state index contributed by atoms with van der Waals surface area (Å²) >= 11 is 1.04. The Hall–Kier alpha value is -4.04. The number of aryl methyl sites for hydroxylation is 1. The van der Waals surface area contributed by atoms with Crippen LogP contribution in [0.3, 0.4) is 0 Å². The first-order valence-electron chi connectivity index (χ1n) is 10.1. The van der Waals surface area contributed by atoms with Crippen molar-refractivity contribution in [2.24, 2.45) is 0 Å². The SMILES string of the molecule is Cc1ccc(O)c(C)c1NC(=O)c1cnc(NC(=O)c2cccc(-c3ccc(F)cc3)c2)s1. The number of hydrogen-bond donors (Lipinski definition) is 3. The lowest BCUT2D eigenvalue weighted by molar-refractivity contribution is 0.102. The molecular weight excluding hydrogens is 441 g/mol. The van der Waals surface area contributed by atoms with Gasteiger partial charge in [-0.1, -0.05) is 41.7 Å². The van der Waals surface area contributed by atoms with Crippen LogP contribution in [0.5, 0.6) is 5.75 Å². The molecule has 0 aliphatic carbocycles. The third kappa shape index (κ3) is 4.91. The highest BCUT2D eigenvalue weighted by Gasteiger charge is 2.16. The number of anilines is 2. The van der Waals surface area contributed by atoms with Crippen LogP contribution >= 0.6 is 11.3 Å². The van der Waals surface area contributed by atoms with Gasteiger partial charge in [0.1, 0.15) is 16.4 Å². The summed E-state index contributed by atoms with van der Waals surface area (Å²) in [7, 11) is 0. The van der Waals surface area contributed by atoms with Gasteiger partial charge in [0.15, 0.2) is 5.13 Å². The number of halogens is 1. The van der Waals surface area contributed by atoms with Crippen LogP contribution in [0.4, 0.5) is 15.2 Å². The molecule has 6 nitrogen and oxygen atoms in total. The molecule has 0 radical (unpaired) electrons. The van der Waals surface area contributed by atoms with Crippen molar-refractivity contribution < 1.29 is 19.1 Å². The van der Waals surface area contributed by atoms with E-state index in [0.717, 1.165) is 28.0 Å². The van der Waals surface area contributed by atoms with Gasteiger partial charge in [-0.15, -0.1) is 0 Å². The number of rotatable bonds is 5. The highest BCUT2D eigenvalue weighted by molar-refractivity contribution is 7.17. The van der Waals surface area contributed by atoms with Crippen molar-refractivity contribution >= 4 is 34.0 Å². The maximum Gasteiger partial charge on any atom is 0.267 e. The van der Waals surface area contributed by atoms with E-state index in [1.165, 1.54) is 18.3 Å². The first kappa shape index (κ1) is 22.2. The molecular formula is C25H20FN3O3S. The summed E-state index contributed by atoms with van der Waals surface area (Å²) < 4.78 is 13.2. The maximum absolute atomic E-state index is 13.2. The molecule has 1 heterocycles. The summed E-state index contributed by atoms with van der Waals surface area (Å²) in [6, 6.07) is 16.3. The Morgan fingerprint density at radius 1 is 0.939 bits per heavy atom. The van der Waals surface area contributed by atoms with Crippen molar-refractivity contribution in [2.45, 2.75) is 13.8 Å². The Balaban J connectivity index is 1.47. The smallest absolute Gasteiger partial charge is 0.267 e. The van der Waals surface area contributed by atoms with Gasteiger partial charge in [-0.25, -0.2) is 9.37 Å². The van der Waals surface area contributed by atoms with E-state index < -0.39 is 0 Å². The van der Waals surface area contributed by atoms with E-state index in [-0.39, 0.29) is 28.5 Å². The van der Waals surface area contributed by atoms with Crippen molar-refractivity contribution in [3.05, 3.63) is 94.2 Å². The second kappa shape index (κ2) is 9.22. The molecule has 0 spiro atoms. The lowest BCUT2D eigenvalue weighted by Gasteiger charge is -2.11. The average molecular weight is 462 g/mol. The second-order valence-corrected chi connectivity index (χ2v) is 8.46. The number of hydrogen-bond acceptors (Lipinski definition) is 5. The van der Waals surface area contributed by atoms with Crippen LogP contribution in [-0.2, 0) is 0 Å². The topological polar surface area (TPSA) is 91.3 Å². The Kier molecular flexibility index (Phi) is 6.19. The van der Waals surface area contributed by atoms with E-state index in [1.54, 1.807) is 49.4 Å². The number of phenols is 1. The van der Waals surface area contributed by atoms with Crippen molar-refractivity contribution in [1.29, 1.82) is 0 Å². The fraction of sp³-hybridized carbons (Fsp3) is 0.0800. The molecule has 3 aromatic carbocycles.